The molecule has 0 unspecified atom stereocenters. The first-order chi connectivity index (χ1) is 10.0. The lowest BCUT2D eigenvalue weighted by atomic mass is 10.1. The summed E-state index contributed by atoms with van der Waals surface area (Å²) in [6.07, 6.45) is 0. The average molecular weight is 283 g/mol. The van der Waals surface area contributed by atoms with Crippen LogP contribution in [0.1, 0.15) is 33.2 Å². The van der Waals surface area contributed by atoms with Crippen molar-refractivity contribution in [3.8, 4) is 0 Å². The number of aryl methyl sites for hydroxylation is 1. The van der Waals surface area contributed by atoms with Gasteiger partial charge in [0.05, 0.1) is 5.56 Å². The van der Waals surface area contributed by atoms with E-state index >= 15 is 0 Å². The van der Waals surface area contributed by atoms with E-state index in [0.29, 0.717) is 12.1 Å². The van der Waals surface area contributed by atoms with Gasteiger partial charge in [-0.1, -0.05) is 18.2 Å². The van der Waals surface area contributed by atoms with E-state index in [4.69, 9.17) is 5.11 Å². The maximum atomic E-state index is 12.6. The predicted molar refractivity (Wildman–Crippen MR) is 81.9 cm³/mol. The molecule has 21 heavy (non-hydrogen) atoms. The van der Waals surface area contributed by atoms with Crippen molar-refractivity contribution < 1.29 is 14.7 Å². The number of carbonyl (C=O) groups excluding carboxylic acids is 1. The van der Waals surface area contributed by atoms with E-state index < -0.39 is 5.97 Å². The van der Waals surface area contributed by atoms with E-state index in [1.54, 1.807) is 17.0 Å². The Hall–Kier alpha value is -2.62. The molecule has 2 aromatic rings. The SMILES string of the molecule is CCN(C(=O)c1ccc(C(=O)O)cc1)c1ccccc1C. The third-order valence-electron chi connectivity index (χ3n) is 3.35. The summed E-state index contributed by atoms with van der Waals surface area (Å²) in [5, 5.41) is 8.89. The molecule has 0 saturated heterocycles. The second-order valence-corrected chi connectivity index (χ2v) is 4.72. The largest absolute Gasteiger partial charge is 0.478 e. The van der Waals surface area contributed by atoms with Crippen molar-refractivity contribution >= 4 is 17.6 Å². The van der Waals surface area contributed by atoms with Crippen molar-refractivity contribution in [2.45, 2.75) is 13.8 Å². The van der Waals surface area contributed by atoms with Crippen LogP contribution in [0.15, 0.2) is 48.5 Å². The number of amides is 1. The van der Waals surface area contributed by atoms with Crippen LogP contribution in [0, 0.1) is 6.92 Å². The van der Waals surface area contributed by atoms with Crippen LogP contribution in [0.25, 0.3) is 0 Å². The normalized spacial score (nSPS) is 10.2. The number of anilines is 1. The molecule has 4 nitrogen and oxygen atoms in total. The summed E-state index contributed by atoms with van der Waals surface area (Å²) in [5.41, 5.74) is 2.54. The van der Waals surface area contributed by atoms with Crippen molar-refractivity contribution in [3.63, 3.8) is 0 Å². The van der Waals surface area contributed by atoms with E-state index in [9.17, 15) is 9.59 Å². The summed E-state index contributed by atoms with van der Waals surface area (Å²) in [6, 6.07) is 13.7. The monoisotopic (exact) mass is 283 g/mol. The quantitative estimate of drug-likeness (QED) is 0.936. The van der Waals surface area contributed by atoms with Crippen molar-refractivity contribution in [1.82, 2.24) is 0 Å². The van der Waals surface area contributed by atoms with Crippen LogP contribution in [0.2, 0.25) is 0 Å². The van der Waals surface area contributed by atoms with Gasteiger partial charge in [0.15, 0.2) is 0 Å². The van der Waals surface area contributed by atoms with Crippen LogP contribution in [0.3, 0.4) is 0 Å². The Labute approximate surface area is 123 Å². The number of hydrogen-bond donors (Lipinski definition) is 1. The molecule has 0 spiro atoms. The van der Waals surface area contributed by atoms with Gasteiger partial charge in [0.25, 0.3) is 5.91 Å². The van der Waals surface area contributed by atoms with Crippen LogP contribution >= 0.6 is 0 Å². The molecule has 2 aromatic carbocycles. The molecule has 0 fully saturated rings. The predicted octanol–water partition coefficient (Wildman–Crippen LogP) is 3.36. The fraction of sp³-hybridized carbons (Fsp3) is 0.176. The molecule has 0 aromatic heterocycles. The summed E-state index contributed by atoms with van der Waals surface area (Å²) in [5.74, 6) is -1.14. The Morgan fingerprint density at radius 2 is 1.57 bits per heavy atom. The highest BCUT2D eigenvalue weighted by Crippen LogP contribution is 2.21. The topological polar surface area (TPSA) is 57.6 Å². The Morgan fingerprint density at radius 3 is 2.10 bits per heavy atom. The highest BCUT2D eigenvalue weighted by molar-refractivity contribution is 6.06. The first kappa shape index (κ1) is 14.8. The Morgan fingerprint density at radius 1 is 1.00 bits per heavy atom. The standard InChI is InChI=1S/C17H17NO3/c1-3-18(15-7-5-4-6-12(15)2)16(19)13-8-10-14(11-9-13)17(20)21/h4-11H,3H2,1-2H3,(H,20,21). The molecule has 1 N–H and O–H groups in total. The summed E-state index contributed by atoms with van der Waals surface area (Å²) < 4.78 is 0. The molecular weight excluding hydrogens is 266 g/mol. The number of nitrogens with zero attached hydrogens (tertiary/aromatic N) is 1. The molecule has 1 amide bonds. The molecule has 0 saturated carbocycles. The number of para-hydroxylation sites is 1. The number of aromatic carboxylic acids is 1. The van der Waals surface area contributed by atoms with Crippen LogP contribution in [0.5, 0.6) is 0 Å². The lowest BCUT2D eigenvalue weighted by Crippen LogP contribution is -2.31. The smallest absolute Gasteiger partial charge is 0.335 e. The second kappa shape index (κ2) is 6.22. The van der Waals surface area contributed by atoms with Crippen LogP contribution < -0.4 is 4.90 Å². The number of carboxylic acids is 1. The van der Waals surface area contributed by atoms with Gasteiger partial charge in [0, 0.05) is 17.8 Å². The zero-order valence-corrected chi connectivity index (χ0v) is 12.0. The molecule has 0 heterocycles. The molecule has 0 atom stereocenters. The van der Waals surface area contributed by atoms with E-state index in [1.807, 2.05) is 38.1 Å². The van der Waals surface area contributed by atoms with Crippen molar-refractivity contribution in [2.75, 3.05) is 11.4 Å². The van der Waals surface area contributed by atoms with Crippen molar-refractivity contribution in [3.05, 3.63) is 65.2 Å². The molecule has 108 valence electrons. The first-order valence-corrected chi connectivity index (χ1v) is 6.75. The van der Waals surface area contributed by atoms with Crippen LogP contribution in [0.4, 0.5) is 5.69 Å². The molecule has 0 bridgehead atoms. The van der Waals surface area contributed by atoms with Gasteiger partial charge in [-0.25, -0.2) is 4.79 Å². The lowest BCUT2D eigenvalue weighted by molar-refractivity contribution is 0.0696. The molecule has 4 heteroatoms. The molecule has 0 aliphatic carbocycles. The summed E-state index contributed by atoms with van der Waals surface area (Å²) in [4.78, 5) is 25.1. The molecule has 2 rings (SSSR count). The maximum Gasteiger partial charge on any atom is 0.335 e. The van der Waals surface area contributed by atoms with Crippen LogP contribution in [-0.2, 0) is 0 Å². The highest BCUT2D eigenvalue weighted by Gasteiger charge is 2.17. The minimum Gasteiger partial charge on any atom is -0.478 e. The van der Waals surface area contributed by atoms with Gasteiger partial charge in [-0.05, 0) is 49.7 Å². The zero-order chi connectivity index (χ0) is 15.4. The fourth-order valence-corrected chi connectivity index (χ4v) is 2.20. The van der Waals surface area contributed by atoms with Gasteiger partial charge in [0.1, 0.15) is 0 Å². The van der Waals surface area contributed by atoms with E-state index in [-0.39, 0.29) is 11.5 Å². The minimum atomic E-state index is -1.000. The minimum absolute atomic E-state index is 0.135. The molecule has 0 radical (unpaired) electrons. The van der Waals surface area contributed by atoms with Crippen molar-refractivity contribution in [1.29, 1.82) is 0 Å². The highest BCUT2D eigenvalue weighted by atomic mass is 16.4. The van der Waals surface area contributed by atoms with E-state index in [0.717, 1.165) is 11.3 Å². The van der Waals surface area contributed by atoms with Gasteiger partial charge in [0.2, 0.25) is 0 Å². The number of benzene rings is 2. The van der Waals surface area contributed by atoms with Gasteiger partial charge in [-0.3, -0.25) is 4.79 Å². The van der Waals surface area contributed by atoms with Crippen molar-refractivity contribution in [2.24, 2.45) is 0 Å². The zero-order valence-electron chi connectivity index (χ0n) is 12.0. The van der Waals surface area contributed by atoms with Crippen LogP contribution in [-0.4, -0.2) is 23.5 Å². The maximum absolute atomic E-state index is 12.6. The van der Waals surface area contributed by atoms with E-state index in [2.05, 4.69) is 0 Å². The van der Waals surface area contributed by atoms with Gasteiger partial charge < -0.3 is 10.0 Å². The van der Waals surface area contributed by atoms with Gasteiger partial charge in [-0.15, -0.1) is 0 Å². The lowest BCUT2D eigenvalue weighted by Gasteiger charge is -2.23. The fourth-order valence-electron chi connectivity index (χ4n) is 2.20. The van der Waals surface area contributed by atoms with Gasteiger partial charge in [-0.2, -0.15) is 0 Å². The molecular formula is C17H17NO3. The summed E-state index contributed by atoms with van der Waals surface area (Å²) in [6.45, 7) is 4.42. The number of carboxylic acid groups (broad SMARTS) is 1. The number of carbonyl (C=O) groups is 2. The Kier molecular flexibility index (Phi) is 4.38. The summed E-state index contributed by atoms with van der Waals surface area (Å²) in [7, 11) is 0. The van der Waals surface area contributed by atoms with E-state index in [1.165, 1.54) is 12.1 Å². The Balaban J connectivity index is 2.32. The van der Waals surface area contributed by atoms with Gasteiger partial charge >= 0.3 is 5.97 Å². The Bertz CT molecular complexity index is 662. The average Bonchev–Trinajstić information content (AvgIpc) is 2.50. The second-order valence-electron chi connectivity index (χ2n) is 4.72. The third kappa shape index (κ3) is 3.11. The third-order valence-corrected chi connectivity index (χ3v) is 3.35. The number of hydrogen-bond acceptors (Lipinski definition) is 2. The summed E-state index contributed by atoms with van der Waals surface area (Å²) >= 11 is 0. The number of rotatable bonds is 4. The first-order valence-electron chi connectivity index (χ1n) is 6.75. The molecule has 0 aliphatic rings. The molecule has 0 aliphatic heterocycles.